The molecule has 0 unspecified atom stereocenters. The summed E-state index contributed by atoms with van der Waals surface area (Å²) in [6.45, 7) is 1.78. The molecule has 0 aromatic heterocycles. The highest BCUT2D eigenvalue weighted by atomic mass is 16.6. The van der Waals surface area contributed by atoms with E-state index >= 15 is 0 Å². The van der Waals surface area contributed by atoms with Gasteiger partial charge < -0.3 is 35.0 Å². The second kappa shape index (κ2) is 6.00. The highest BCUT2D eigenvalue weighted by molar-refractivity contribution is 5.93. The van der Waals surface area contributed by atoms with Gasteiger partial charge in [0.2, 0.25) is 5.79 Å². The fourth-order valence-electron chi connectivity index (χ4n) is 8.48. The van der Waals surface area contributed by atoms with E-state index in [1.54, 1.807) is 0 Å². The maximum absolute atomic E-state index is 13.8. The van der Waals surface area contributed by atoms with Gasteiger partial charge >= 0.3 is 0 Å². The number of ether oxygens (including phenoxy) is 2. The van der Waals surface area contributed by atoms with Crippen molar-refractivity contribution in [2.45, 2.75) is 56.7 Å². The lowest BCUT2D eigenvalue weighted by Crippen LogP contribution is -2.86. The summed E-state index contributed by atoms with van der Waals surface area (Å²) in [4.78, 5) is 13.8. The summed E-state index contributed by atoms with van der Waals surface area (Å²) in [5.74, 6) is -4.73. The molecule has 4 bridgehead atoms. The maximum atomic E-state index is 13.8. The summed E-state index contributed by atoms with van der Waals surface area (Å²) >= 11 is 0. The average Bonchev–Trinajstić information content (AvgIpc) is 2.81. The van der Waals surface area contributed by atoms with Crippen molar-refractivity contribution in [3.63, 3.8) is 0 Å². The first-order chi connectivity index (χ1) is 13.7. The standard InChI is InChI=1S/C21H32O8/c1-18(8-22)6-5-13(23)19-9-29-21(27,17(26)14(18)19)20-12(19)4-3-10(15(20)24)11(7-28-2)16(20)25/h10-15,17,22-24,26-27H,3-9H2,1-2H3/t10-,11-,12-,13-,14+,15+,17-,18-,19+,20+,21-/m0/s1. The van der Waals surface area contributed by atoms with E-state index in [1.807, 2.05) is 6.92 Å². The van der Waals surface area contributed by atoms with Crippen LogP contribution in [-0.4, -0.2) is 82.3 Å². The predicted octanol–water partition coefficient (Wildman–Crippen LogP) is -0.946. The Morgan fingerprint density at radius 2 is 1.90 bits per heavy atom. The first-order valence-corrected chi connectivity index (χ1v) is 10.7. The number of fused-ring (bicyclic) bond motifs is 2. The van der Waals surface area contributed by atoms with Crippen molar-refractivity contribution in [2.75, 3.05) is 26.9 Å². The molecular weight excluding hydrogens is 380 g/mol. The lowest BCUT2D eigenvalue weighted by molar-refractivity contribution is -0.459. The Morgan fingerprint density at radius 1 is 1.17 bits per heavy atom. The van der Waals surface area contributed by atoms with Gasteiger partial charge in [0.1, 0.15) is 11.5 Å². The number of methoxy groups -OCH3 is 1. The third-order valence-corrected chi connectivity index (χ3v) is 9.62. The number of ketones is 1. The van der Waals surface area contributed by atoms with Crippen LogP contribution >= 0.6 is 0 Å². The minimum atomic E-state index is -2.25. The molecule has 0 amide bonds. The van der Waals surface area contributed by atoms with Crippen LogP contribution in [0.25, 0.3) is 0 Å². The molecule has 2 saturated heterocycles. The summed E-state index contributed by atoms with van der Waals surface area (Å²) in [5, 5.41) is 56.0. The van der Waals surface area contributed by atoms with Gasteiger partial charge in [-0.25, -0.2) is 0 Å². The highest BCUT2D eigenvalue weighted by Gasteiger charge is 2.87. The van der Waals surface area contributed by atoms with Gasteiger partial charge in [-0.1, -0.05) is 6.92 Å². The predicted molar refractivity (Wildman–Crippen MR) is 98.3 cm³/mol. The molecule has 2 spiro atoms. The van der Waals surface area contributed by atoms with Crippen molar-refractivity contribution in [3.05, 3.63) is 0 Å². The molecule has 2 aliphatic heterocycles. The van der Waals surface area contributed by atoms with Crippen LogP contribution in [0.15, 0.2) is 0 Å². The van der Waals surface area contributed by atoms with E-state index in [0.29, 0.717) is 25.7 Å². The first kappa shape index (κ1) is 20.3. The summed E-state index contributed by atoms with van der Waals surface area (Å²) < 4.78 is 11.1. The van der Waals surface area contributed by atoms with E-state index in [4.69, 9.17) is 9.47 Å². The zero-order valence-corrected chi connectivity index (χ0v) is 17.0. The molecule has 0 radical (unpaired) electrons. The Labute approximate surface area is 169 Å². The summed E-state index contributed by atoms with van der Waals surface area (Å²) in [6, 6.07) is 0. The molecule has 0 aromatic carbocycles. The number of carbonyl (C=O) groups excluding carboxylic acids is 1. The zero-order chi connectivity index (χ0) is 21.0. The number of hydrogen-bond donors (Lipinski definition) is 5. The van der Waals surface area contributed by atoms with Crippen LogP contribution in [0.4, 0.5) is 0 Å². The Bertz CT molecular complexity index is 729. The minimum Gasteiger partial charge on any atom is -0.396 e. The van der Waals surface area contributed by atoms with Gasteiger partial charge in [0, 0.05) is 31.0 Å². The van der Waals surface area contributed by atoms with Crippen LogP contribution < -0.4 is 0 Å². The Kier molecular flexibility index (Phi) is 4.20. The lowest BCUT2D eigenvalue weighted by Gasteiger charge is -2.74. The number of aliphatic hydroxyl groups excluding tert-OH is 4. The Hall–Kier alpha value is -0.610. The van der Waals surface area contributed by atoms with Gasteiger partial charge in [-0.3, -0.25) is 4.79 Å². The van der Waals surface area contributed by atoms with Crippen molar-refractivity contribution >= 4 is 5.78 Å². The molecule has 29 heavy (non-hydrogen) atoms. The highest BCUT2D eigenvalue weighted by Crippen LogP contribution is 2.76. The van der Waals surface area contributed by atoms with Crippen LogP contribution in [0, 0.1) is 39.9 Å². The number of rotatable bonds is 3. The SMILES string of the molecule is COC[C@@H]1C(=O)[C@]23[C@H](O)[C@H]1CC[C@H]2[C@@]12CO[C@@]3(O)[C@@H](O)[C@@H]1[C@](C)(CO)CC[C@@H]2O. The second-order valence-corrected chi connectivity index (χ2v) is 10.4. The van der Waals surface area contributed by atoms with Crippen molar-refractivity contribution < 1.29 is 39.8 Å². The molecule has 0 aromatic rings. The van der Waals surface area contributed by atoms with Crippen molar-refractivity contribution in [1.29, 1.82) is 0 Å². The fraction of sp³-hybridized carbons (Fsp3) is 0.952. The van der Waals surface area contributed by atoms with Gasteiger partial charge in [0.15, 0.2) is 5.78 Å². The van der Waals surface area contributed by atoms with E-state index in [0.717, 1.165) is 0 Å². The van der Waals surface area contributed by atoms with Gasteiger partial charge in [-0.2, -0.15) is 0 Å². The third-order valence-electron chi connectivity index (χ3n) is 9.62. The van der Waals surface area contributed by atoms with Gasteiger partial charge in [0.05, 0.1) is 25.4 Å². The van der Waals surface area contributed by atoms with Crippen LogP contribution in [0.1, 0.15) is 32.6 Å². The second-order valence-electron chi connectivity index (χ2n) is 10.4. The molecule has 6 aliphatic rings. The lowest BCUT2D eigenvalue weighted by atomic mass is 9.35. The fourth-order valence-corrected chi connectivity index (χ4v) is 8.48. The van der Waals surface area contributed by atoms with Crippen LogP contribution in [0.5, 0.6) is 0 Å². The van der Waals surface area contributed by atoms with E-state index in [9.17, 15) is 30.3 Å². The zero-order valence-electron chi connectivity index (χ0n) is 17.0. The number of hydrogen-bond acceptors (Lipinski definition) is 8. The number of carbonyl (C=O) groups is 1. The summed E-state index contributed by atoms with van der Waals surface area (Å²) in [7, 11) is 1.50. The summed E-state index contributed by atoms with van der Waals surface area (Å²) in [5.41, 5.74) is -3.43. The van der Waals surface area contributed by atoms with Crippen LogP contribution in [0.2, 0.25) is 0 Å². The molecule has 164 valence electrons. The quantitative estimate of drug-likeness (QED) is 0.400. The molecule has 8 nitrogen and oxygen atoms in total. The van der Waals surface area contributed by atoms with Crippen LogP contribution in [-0.2, 0) is 14.3 Å². The minimum absolute atomic E-state index is 0.00594. The molecule has 6 fully saturated rings. The van der Waals surface area contributed by atoms with E-state index in [1.165, 1.54) is 7.11 Å². The van der Waals surface area contributed by atoms with Crippen molar-refractivity contribution in [3.8, 4) is 0 Å². The van der Waals surface area contributed by atoms with E-state index in [2.05, 4.69) is 0 Å². The normalized spacial score (nSPS) is 60.8. The number of Topliss-reactive ketones (excluding diaryl/α,β-unsaturated/α-hetero) is 1. The molecule has 5 N–H and O–H groups in total. The smallest absolute Gasteiger partial charge is 0.208 e. The topological polar surface area (TPSA) is 137 Å². The first-order valence-electron chi connectivity index (χ1n) is 10.7. The molecule has 8 heteroatoms. The molecule has 6 rings (SSSR count). The number of aliphatic hydroxyl groups is 5. The average molecular weight is 412 g/mol. The third kappa shape index (κ3) is 1.90. The monoisotopic (exact) mass is 412 g/mol. The largest absolute Gasteiger partial charge is 0.396 e. The van der Waals surface area contributed by atoms with Crippen molar-refractivity contribution in [2.24, 2.45) is 39.9 Å². The maximum Gasteiger partial charge on any atom is 0.208 e. The van der Waals surface area contributed by atoms with Crippen LogP contribution in [0.3, 0.4) is 0 Å². The van der Waals surface area contributed by atoms with Gasteiger partial charge in [-0.15, -0.1) is 0 Å². The van der Waals surface area contributed by atoms with Gasteiger partial charge in [0.25, 0.3) is 0 Å². The molecule has 4 saturated carbocycles. The summed E-state index contributed by atoms with van der Waals surface area (Å²) in [6.07, 6.45) is -1.51. The van der Waals surface area contributed by atoms with Crippen molar-refractivity contribution in [1.82, 2.24) is 0 Å². The van der Waals surface area contributed by atoms with E-state index in [-0.39, 0.29) is 31.5 Å². The van der Waals surface area contributed by atoms with Gasteiger partial charge in [-0.05, 0) is 42.9 Å². The molecule has 4 aliphatic carbocycles. The molecule has 2 heterocycles. The van der Waals surface area contributed by atoms with E-state index < -0.39 is 58.1 Å². The Balaban J connectivity index is 1.75. The molecule has 11 atom stereocenters. The molecular formula is C21H32O8. The Morgan fingerprint density at radius 3 is 2.55 bits per heavy atom.